The molecule has 1 amide bonds. The van der Waals surface area contributed by atoms with Crippen molar-refractivity contribution in [1.82, 2.24) is 10.6 Å². The van der Waals surface area contributed by atoms with Crippen molar-refractivity contribution in [3.05, 3.63) is 34.3 Å². The molecule has 0 aliphatic carbocycles. The number of rotatable bonds is 5. The molecular formula is C14H19BrN2O2. The molecule has 2 rings (SSSR count). The molecule has 0 bridgehead atoms. The Hall–Kier alpha value is -0.910. The number of piperidine rings is 1. The molecule has 1 aromatic carbocycles. The lowest BCUT2D eigenvalue weighted by atomic mass is 10.1. The van der Waals surface area contributed by atoms with Crippen molar-refractivity contribution in [2.24, 2.45) is 0 Å². The van der Waals surface area contributed by atoms with Gasteiger partial charge in [-0.1, -0.05) is 22.0 Å². The molecule has 2 N–H and O–H groups in total. The van der Waals surface area contributed by atoms with Gasteiger partial charge in [-0.3, -0.25) is 4.79 Å². The number of amides is 1. The topological polar surface area (TPSA) is 50.4 Å². The number of hydrogen-bond donors (Lipinski definition) is 2. The molecule has 19 heavy (non-hydrogen) atoms. The number of carbonyl (C=O) groups excluding carboxylic acids is 1. The van der Waals surface area contributed by atoms with Gasteiger partial charge >= 0.3 is 0 Å². The third kappa shape index (κ3) is 4.93. The zero-order valence-electron chi connectivity index (χ0n) is 10.8. The zero-order valence-corrected chi connectivity index (χ0v) is 12.4. The highest BCUT2D eigenvalue weighted by atomic mass is 79.9. The standard InChI is InChI=1S/C14H19BrN2O2/c15-12-3-1-2-11(10-12)14(18)17-8-9-19-13-4-6-16-7-5-13/h1-3,10,13,16H,4-9H2,(H,17,18). The normalized spacial score (nSPS) is 16.3. The summed E-state index contributed by atoms with van der Waals surface area (Å²) in [7, 11) is 0. The van der Waals surface area contributed by atoms with Gasteiger partial charge in [0.15, 0.2) is 0 Å². The Bertz CT molecular complexity index is 420. The predicted molar refractivity (Wildman–Crippen MR) is 78.3 cm³/mol. The third-order valence-corrected chi connectivity index (χ3v) is 3.61. The molecule has 0 saturated carbocycles. The maximum Gasteiger partial charge on any atom is 0.251 e. The highest BCUT2D eigenvalue weighted by Crippen LogP contribution is 2.11. The molecule has 4 nitrogen and oxygen atoms in total. The lowest BCUT2D eigenvalue weighted by Gasteiger charge is -2.22. The summed E-state index contributed by atoms with van der Waals surface area (Å²) >= 11 is 3.35. The van der Waals surface area contributed by atoms with Gasteiger partial charge in [0, 0.05) is 16.6 Å². The first-order valence-corrected chi connectivity index (χ1v) is 7.41. The van der Waals surface area contributed by atoms with Gasteiger partial charge in [-0.15, -0.1) is 0 Å². The maximum atomic E-state index is 11.9. The quantitative estimate of drug-likeness (QED) is 0.813. The van der Waals surface area contributed by atoms with Gasteiger partial charge in [-0.25, -0.2) is 0 Å². The molecule has 0 spiro atoms. The number of benzene rings is 1. The molecule has 5 heteroatoms. The van der Waals surface area contributed by atoms with Crippen molar-refractivity contribution in [2.75, 3.05) is 26.2 Å². The highest BCUT2D eigenvalue weighted by Gasteiger charge is 2.13. The van der Waals surface area contributed by atoms with Crippen LogP contribution >= 0.6 is 15.9 Å². The van der Waals surface area contributed by atoms with Gasteiger partial charge < -0.3 is 15.4 Å². The molecule has 1 aliphatic heterocycles. The van der Waals surface area contributed by atoms with Crippen molar-refractivity contribution in [3.63, 3.8) is 0 Å². The second-order valence-corrected chi connectivity index (χ2v) is 5.50. The first kappa shape index (κ1) is 14.5. The van der Waals surface area contributed by atoms with E-state index >= 15 is 0 Å². The molecular weight excluding hydrogens is 308 g/mol. The van der Waals surface area contributed by atoms with Gasteiger partial charge in [0.2, 0.25) is 0 Å². The summed E-state index contributed by atoms with van der Waals surface area (Å²) in [6, 6.07) is 7.36. The molecule has 1 aromatic rings. The molecule has 104 valence electrons. The summed E-state index contributed by atoms with van der Waals surface area (Å²) in [4.78, 5) is 11.9. The monoisotopic (exact) mass is 326 g/mol. The van der Waals surface area contributed by atoms with E-state index in [4.69, 9.17) is 4.74 Å². The molecule has 0 atom stereocenters. The van der Waals surface area contributed by atoms with E-state index in [1.54, 1.807) is 6.07 Å². The SMILES string of the molecule is O=C(NCCOC1CCNCC1)c1cccc(Br)c1. The Morgan fingerprint density at radius 3 is 2.95 bits per heavy atom. The minimum absolute atomic E-state index is 0.0600. The molecule has 1 heterocycles. The van der Waals surface area contributed by atoms with E-state index in [9.17, 15) is 4.79 Å². The lowest BCUT2D eigenvalue weighted by molar-refractivity contribution is 0.0343. The van der Waals surface area contributed by atoms with Gasteiger partial charge in [0.1, 0.15) is 0 Å². The van der Waals surface area contributed by atoms with Crippen molar-refractivity contribution in [1.29, 1.82) is 0 Å². The van der Waals surface area contributed by atoms with Crippen molar-refractivity contribution < 1.29 is 9.53 Å². The second-order valence-electron chi connectivity index (χ2n) is 4.59. The van der Waals surface area contributed by atoms with E-state index in [1.165, 1.54) is 0 Å². The fourth-order valence-corrected chi connectivity index (χ4v) is 2.48. The average molecular weight is 327 g/mol. The summed E-state index contributed by atoms with van der Waals surface area (Å²) in [5, 5.41) is 6.16. The van der Waals surface area contributed by atoms with E-state index in [1.807, 2.05) is 18.2 Å². The van der Waals surface area contributed by atoms with E-state index in [0.29, 0.717) is 24.8 Å². The van der Waals surface area contributed by atoms with Crippen molar-refractivity contribution in [3.8, 4) is 0 Å². The Labute approximate surface area is 122 Å². The third-order valence-electron chi connectivity index (χ3n) is 3.11. The summed E-state index contributed by atoms with van der Waals surface area (Å²) in [6.07, 6.45) is 2.45. The van der Waals surface area contributed by atoms with Crippen LogP contribution in [0.2, 0.25) is 0 Å². The Morgan fingerprint density at radius 1 is 1.42 bits per heavy atom. The molecule has 0 aromatic heterocycles. The molecule has 1 fully saturated rings. The summed E-state index contributed by atoms with van der Waals surface area (Å²) in [5.74, 6) is -0.0600. The van der Waals surface area contributed by atoms with Gasteiger partial charge in [0.25, 0.3) is 5.91 Å². The van der Waals surface area contributed by atoms with Crippen LogP contribution in [-0.4, -0.2) is 38.3 Å². The minimum atomic E-state index is -0.0600. The molecule has 0 unspecified atom stereocenters. The van der Waals surface area contributed by atoms with E-state index < -0.39 is 0 Å². The number of carbonyl (C=O) groups is 1. The van der Waals surface area contributed by atoms with Crippen LogP contribution < -0.4 is 10.6 Å². The smallest absolute Gasteiger partial charge is 0.251 e. The van der Waals surface area contributed by atoms with Crippen LogP contribution in [-0.2, 0) is 4.74 Å². The van der Waals surface area contributed by atoms with Crippen LogP contribution in [0.1, 0.15) is 23.2 Å². The molecule has 1 aliphatic rings. The number of halogens is 1. The van der Waals surface area contributed by atoms with Crippen molar-refractivity contribution in [2.45, 2.75) is 18.9 Å². The minimum Gasteiger partial charge on any atom is -0.376 e. The summed E-state index contributed by atoms with van der Waals surface area (Å²) in [5.41, 5.74) is 0.663. The van der Waals surface area contributed by atoms with E-state index in [-0.39, 0.29) is 5.91 Å². The van der Waals surface area contributed by atoms with Crippen LogP contribution in [0.15, 0.2) is 28.7 Å². The summed E-state index contributed by atoms with van der Waals surface area (Å²) < 4.78 is 6.64. The molecule has 0 radical (unpaired) electrons. The Kier molecular flexibility index (Phi) is 5.82. The van der Waals surface area contributed by atoms with Crippen LogP contribution in [0.3, 0.4) is 0 Å². The number of nitrogens with one attached hydrogen (secondary N) is 2. The first-order valence-electron chi connectivity index (χ1n) is 6.62. The highest BCUT2D eigenvalue weighted by molar-refractivity contribution is 9.10. The van der Waals surface area contributed by atoms with Crippen LogP contribution in [0, 0.1) is 0 Å². The second kappa shape index (κ2) is 7.62. The number of ether oxygens (including phenoxy) is 1. The largest absolute Gasteiger partial charge is 0.376 e. The van der Waals surface area contributed by atoms with E-state index in [2.05, 4.69) is 26.6 Å². The first-order chi connectivity index (χ1) is 9.25. The fraction of sp³-hybridized carbons (Fsp3) is 0.500. The average Bonchev–Trinajstić information content (AvgIpc) is 2.44. The Balaban J connectivity index is 1.66. The molecule has 1 saturated heterocycles. The van der Waals surface area contributed by atoms with Crippen LogP contribution in [0.25, 0.3) is 0 Å². The van der Waals surface area contributed by atoms with Crippen molar-refractivity contribution >= 4 is 21.8 Å². The summed E-state index contributed by atoms with van der Waals surface area (Å²) in [6.45, 7) is 3.17. The lowest BCUT2D eigenvalue weighted by Crippen LogP contribution is -2.34. The zero-order chi connectivity index (χ0) is 13.5. The van der Waals surface area contributed by atoms with Gasteiger partial charge in [-0.05, 0) is 44.1 Å². The van der Waals surface area contributed by atoms with Gasteiger partial charge in [-0.2, -0.15) is 0 Å². The van der Waals surface area contributed by atoms with Gasteiger partial charge in [0.05, 0.1) is 12.7 Å². The maximum absolute atomic E-state index is 11.9. The number of hydrogen-bond acceptors (Lipinski definition) is 3. The Morgan fingerprint density at radius 2 is 2.21 bits per heavy atom. The van der Waals surface area contributed by atoms with Crippen LogP contribution in [0.4, 0.5) is 0 Å². The van der Waals surface area contributed by atoms with E-state index in [0.717, 1.165) is 30.4 Å². The predicted octanol–water partition coefficient (Wildman–Crippen LogP) is 1.95. The fourth-order valence-electron chi connectivity index (χ4n) is 2.08. The van der Waals surface area contributed by atoms with Crippen LogP contribution in [0.5, 0.6) is 0 Å².